The van der Waals surface area contributed by atoms with Crippen molar-refractivity contribution >= 4 is 17.2 Å². The Labute approximate surface area is 119 Å². The van der Waals surface area contributed by atoms with Crippen molar-refractivity contribution in [3.8, 4) is 5.75 Å². The number of aliphatic hydroxyl groups excluding tert-OH is 1. The van der Waals surface area contributed by atoms with Gasteiger partial charge in [0.1, 0.15) is 10.7 Å². The van der Waals surface area contributed by atoms with E-state index >= 15 is 0 Å². The van der Waals surface area contributed by atoms with E-state index in [0.717, 1.165) is 43.8 Å². The van der Waals surface area contributed by atoms with Crippen LogP contribution in [0.4, 0.5) is 0 Å². The molecule has 1 saturated heterocycles. The molecular weight excluding hydrogens is 260 g/mol. The van der Waals surface area contributed by atoms with Gasteiger partial charge in [-0.15, -0.1) is 0 Å². The van der Waals surface area contributed by atoms with Crippen LogP contribution in [0.3, 0.4) is 0 Å². The molecule has 1 atom stereocenters. The molecule has 5 heteroatoms. The zero-order valence-electron chi connectivity index (χ0n) is 10.9. The van der Waals surface area contributed by atoms with E-state index in [2.05, 4.69) is 4.90 Å². The minimum Gasteiger partial charge on any atom is -0.493 e. The molecule has 19 heavy (non-hydrogen) atoms. The number of thiocarbonyl (C=S) groups is 1. The third-order valence-corrected chi connectivity index (χ3v) is 3.50. The molecule has 3 N–H and O–H groups in total. The molecule has 0 aromatic heterocycles. The molecule has 1 aliphatic heterocycles. The van der Waals surface area contributed by atoms with E-state index in [0.29, 0.717) is 11.6 Å². The largest absolute Gasteiger partial charge is 0.493 e. The third kappa shape index (κ3) is 4.16. The van der Waals surface area contributed by atoms with Gasteiger partial charge in [0.2, 0.25) is 0 Å². The highest BCUT2D eigenvalue weighted by molar-refractivity contribution is 7.80. The van der Waals surface area contributed by atoms with Gasteiger partial charge >= 0.3 is 0 Å². The van der Waals surface area contributed by atoms with Gasteiger partial charge in [0.15, 0.2) is 0 Å². The molecule has 0 saturated carbocycles. The second-order valence-electron chi connectivity index (χ2n) is 4.81. The lowest BCUT2D eigenvalue weighted by Crippen LogP contribution is -2.24. The van der Waals surface area contributed by atoms with Crippen molar-refractivity contribution in [1.82, 2.24) is 4.90 Å². The van der Waals surface area contributed by atoms with E-state index in [1.54, 1.807) is 0 Å². The Kier molecular flexibility index (Phi) is 5.13. The number of benzene rings is 1. The van der Waals surface area contributed by atoms with Crippen LogP contribution in [0.25, 0.3) is 0 Å². The van der Waals surface area contributed by atoms with Crippen LogP contribution in [0.15, 0.2) is 24.3 Å². The predicted molar refractivity (Wildman–Crippen MR) is 79.5 cm³/mol. The van der Waals surface area contributed by atoms with E-state index < -0.39 is 0 Å². The molecule has 0 radical (unpaired) electrons. The van der Waals surface area contributed by atoms with Crippen LogP contribution in [0.2, 0.25) is 0 Å². The molecular formula is C14H20N2O2S. The number of para-hydroxylation sites is 1. The number of hydrogen-bond acceptors (Lipinski definition) is 4. The summed E-state index contributed by atoms with van der Waals surface area (Å²) in [6.07, 6.45) is 1.65. The van der Waals surface area contributed by atoms with Gasteiger partial charge < -0.3 is 20.5 Å². The van der Waals surface area contributed by atoms with Crippen molar-refractivity contribution in [2.45, 2.75) is 18.9 Å². The monoisotopic (exact) mass is 280 g/mol. The Morgan fingerprint density at radius 1 is 1.47 bits per heavy atom. The van der Waals surface area contributed by atoms with Gasteiger partial charge in [-0.25, -0.2) is 0 Å². The second-order valence-corrected chi connectivity index (χ2v) is 5.25. The number of ether oxygens (including phenoxy) is 1. The highest BCUT2D eigenvalue weighted by atomic mass is 32.1. The summed E-state index contributed by atoms with van der Waals surface area (Å²) < 4.78 is 5.73. The fourth-order valence-electron chi connectivity index (χ4n) is 2.28. The maximum Gasteiger partial charge on any atom is 0.129 e. The molecule has 0 amide bonds. The molecule has 1 aromatic rings. The Balaban J connectivity index is 1.75. The first-order chi connectivity index (χ1) is 9.16. The van der Waals surface area contributed by atoms with E-state index in [9.17, 15) is 5.11 Å². The molecule has 0 spiro atoms. The third-order valence-electron chi connectivity index (χ3n) is 3.28. The summed E-state index contributed by atoms with van der Waals surface area (Å²) in [7, 11) is 0. The molecule has 1 heterocycles. The molecule has 0 bridgehead atoms. The quantitative estimate of drug-likeness (QED) is 0.605. The smallest absolute Gasteiger partial charge is 0.129 e. The number of likely N-dealkylation sites (tertiary alicyclic amines) is 1. The average Bonchev–Trinajstić information content (AvgIpc) is 2.81. The minimum atomic E-state index is -0.156. The zero-order valence-corrected chi connectivity index (χ0v) is 11.7. The lowest BCUT2D eigenvalue weighted by molar-refractivity contribution is 0.173. The lowest BCUT2D eigenvalue weighted by Gasteiger charge is -2.15. The molecule has 1 aromatic carbocycles. The van der Waals surface area contributed by atoms with Gasteiger partial charge in [0.25, 0.3) is 0 Å². The van der Waals surface area contributed by atoms with Crippen LogP contribution < -0.4 is 10.5 Å². The Bertz CT molecular complexity index is 439. The molecule has 1 aliphatic rings. The van der Waals surface area contributed by atoms with Gasteiger partial charge in [0.05, 0.1) is 18.3 Å². The molecule has 0 aliphatic carbocycles. The summed E-state index contributed by atoms with van der Waals surface area (Å²) >= 11 is 4.99. The topological polar surface area (TPSA) is 58.7 Å². The van der Waals surface area contributed by atoms with Crippen LogP contribution in [-0.4, -0.2) is 47.3 Å². The summed E-state index contributed by atoms with van der Waals surface area (Å²) in [6, 6.07) is 7.56. The number of nitrogens with two attached hydrogens (primary N) is 1. The van der Waals surface area contributed by atoms with Crippen LogP contribution in [0.5, 0.6) is 5.75 Å². The van der Waals surface area contributed by atoms with Gasteiger partial charge in [0, 0.05) is 19.6 Å². The SMILES string of the molecule is NC(=S)c1ccccc1OCCCN1CCC(O)C1. The van der Waals surface area contributed by atoms with Gasteiger partial charge in [-0.3, -0.25) is 0 Å². The highest BCUT2D eigenvalue weighted by Gasteiger charge is 2.19. The number of β-amino-alcohol motifs (C(OH)–C–C–N with tert-alkyl or cyclic N) is 1. The van der Waals surface area contributed by atoms with Crippen LogP contribution in [0.1, 0.15) is 18.4 Å². The summed E-state index contributed by atoms with van der Waals surface area (Å²) in [6.45, 7) is 3.34. The van der Waals surface area contributed by atoms with Gasteiger partial charge in [-0.1, -0.05) is 24.4 Å². The minimum absolute atomic E-state index is 0.156. The second kappa shape index (κ2) is 6.84. The van der Waals surface area contributed by atoms with Crippen LogP contribution >= 0.6 is 12.2 Å². The number of hydrogen-bond donors (Lipinski definition) is 2. The van der Waals surface area contributed by atoms with Crippen molar-refractivity contribution in [3.05, 3.63) is 29.8 Å². The van der Waals surface area contributed by atoms with Crippen LogP contribution in [0, 0.1) is 0 Å². The molecule has 1 fully saturated rings. The number of aliphatic hydroxyl groups is 1. The van der Waals surface area contributed by atoms with E-state index in [-0.39, 0.29) is 6.10 Å². The Hall–Kier alpha value is -1.17. The Morgan fingerprint density at radius 3 is 2.95 bits per heavy atom. The fourth-order valence-corrected chi connectivity index (χ4v) is 2.45. The highest BCUT2D eigenvalue weighted by Crippen LogP contribution is 2.18. The summed E-state index contributed by atoms with van der Waals surface area (Å²) in [5, 5.41) is 9.43. The Morgan fingerprint density at radius 2 is 2.26 bits per heavy atom. The number of rotatable bonds is 6. The molecule has 1 unspecified atom stereocenters. The molecule has 4 nitrogen and oxygen atoms in total. The standard InChI is InChI=1S/C14H20N2O2S/c15-14(19)12-4-1-2-5-13(12)18-9-3-7-16-8-6-11(17)10-16/h1-2,4-5,11,17H,3,6-10H2,(H2,15,19). The molecule has 2 rings (SSSR count). The van der Waals surface area contributed by atoms with Crippen molar-refractivity contribution in [3.63, 3.8) is 0 Å². The molecule has 104 valence electrons. The zero-order chi connectivity index (χ0) is 13.7. The van der Waals surface area contributed by atoms with E-state index in [1.165, 1.54) is 0 Å². The van der Waals surface area contributed by atoms with Gasteiger partial charge in [-0.2, -0.15) is 0 Å². The van der Waals surface area contributed by atoms with E-state index in [4.69, 9.17) is 22.7 Å². The van der Waals surface area contributed by atoms with Crippen LogP contribution in [-0.2, 0) is 0 Å². The lowest BCUT2D eigenvalue weighted by atomic mass is 10.2. The predicted octanol–water partition coefficient (Wildman–Crippen LogP) is 1.16. The first-order valence-corrected chi connectivity index (χ1v) is 6.99. The van der Waals surface area contributed by atoms with Gasteiger partial charge in [-0.05, 0) is 25.0 Å². The summed E-state index contributed by atoms with van der Waals surface area (Å²) in [4.78, 5) is 2.62. The van der Waals surface area contributed by atoms with Crippen molar-refractivity contribution in [2.24, 2.45) is 5.73 Å². The van der Waals surface area contributed by atoms with Crippen molar-refractivity contribution in [2.75, 3.05) is 26.2 Å². The van der Waals surface area contributed by atoms with Crippen molar-refractivity contribution in [1.29, 1.82) is 0 Å². The fraction of sp³-hybridized carbons (Fsp3) is 0.500. The summed E-state index contributed by atoms with van der Waals surface area (Å²) in [5.41, 5.74) is 6.44. The first-order valence-electron chi connectivity index (χ1n) is 6.59. The summed E-state index contributed by atoms with van der Waals surface area (Å²) in [5.74, 6) is 0.747. The van der Waals surface area contributed by atoms with Crippen molar-refractivity contribution < 1.29 is 9.84 Å². The maximum atomic E-state index is 9.43. The normalized spacial score (nSPS) is 19.5. The average molecular weight is 280 g/mol. The maximum absolute atomic E-state index is 9.43. The first kappa shape index (κ1) is 14.2. The number of nitrogens with zero attached hydrogens (tertiary/aromatic N) is 1. The van der Waals surface area contributed by atoms with E-state index in [1.807, 2.05) is 24.3 Å².